The minimum atomic E-state index is 0.0114. The Morgan fingerprint density at radius 3 is 1.44 bits per heavy atom. The topological polar surface area (TPSA) is 60.7 Å². The summed E-state index contributed by atoms with van der Waals surface area (Å²) >= 11 is 0. The first-order valence-corrected chi connectivity index (χ1v) is 18.3. The fourth-order valence-corrected chi connectivity index (χ4v) is 6.64. The van der Waals surface area contributed by atoms with Gasteiger partial charge in [-0.1, -0.05) is 165 Å². The molecule has 0 radical (unpaired) electrons. The van der Waals surface area contributed by atoms with Crippen LogP contribution in [-0.2, 0) is 17.4 Å². The Morgan fingerprint density at radius 1 is 0.521 bits per heavy atom. The van der Waals surface area contributed by atoms with Crippen molar-refractivity contribution in [1.29, 1.82) is 0 Å². The van der Waals surface area contributed by atoms with Crippen LogP contribution in [0.4, 0.5) is 0 Å². The first kappa shape index (κ1) is 38.9. The lowest BCUT2D eigenvalue weighted by atomic mass is 9.79. The Balaban J connectivity index is 0.000000260. The largest absolute Gasteiger partial charge is 0.507 e. The van der Waals surface area contributed by atoms with Crippen LogP contribution in [0.2, 0.25) is 0 Å². The molecule has 0 spiro atoms. The molecule has 0 aliphatic rings. The summed E-state index contributed by atoms with van der Waals surface area (Å²) in [7, 11) is 0. The normalized spacial score (nSPS) is 11.7. The lowest BCUT2D eigenvalue weighted by Crippen LogP contribution is -2.16. The van der Waals surface area contributed by atoms with Gasteiger partial charge in [-0.25, -0.2) is 0 Å². The summed E-state index contributed by atoms with van der Waals surface area (Å²) in [6.07, 6.45) is 12.5. The van der Waals surface area contributed by atoms with Crippen molar-refractivity contribution in [1.82, 2.24) is 0 Å². The molecule has 0 aliphatic carbocycles. The molecule has 0 saturated heterocycles. The summed E-state index contributed by atoms with van der Waals surface area (Å²) in [5, 5.41) is 30.4. The number of aliphatic hydroxyl groups is 1. The highest BCUT2D eigenvalue weighted by molar-refractivity contribution is 5.72. The number of hydrogen-bond acceptors (Lipinski definition) is 3. The Labute approximate surface area is 292 Å². The molecule has 0 fully saturated rings. The van der Waals surface area contributed by atoms with E-state index in [-0.39, 0.29) is 17.4 Å². The number of hydrogen-bond donors (Lipinski definition) is 3. The van der Waals surface area contributed by atoms with Crippen molar-refractivity contribution in [3.8, 4) is 33.8 Å². The smallest absolute Gasteiger partial charge is 0.123 e. The van der Waals surface area contributed by atoms with Gasteiger partial charge in [0.25, 0.3) is 0 Å². The number of aryl methyl sites for hydroxylation is 2. The Morgan fingerprint density at radius 2 is 1.00 bits per heavy atom. The second kappa shape index (κ2) is 18.3. The third-order valence-electron chi connectivity index (χ3n) is 9.82. The van der Waals surface area contributed by atoms with Crippen LogP contribution in [0.5, 0.6) is 11.5 Å². The predicted molar refractivity (Wildman–Crippen MR) is 206 cm³/mol. The molecule has 0 unspecified atom stereocenters. The predicted octanol–water partition coefficient (Wildman–Crippen LogP) is 12.7. The van der Waals surface area contributed by atoms with E-state index in [1.165, 1.54) is 73.6 Å². The lowest BCUT2D eigenvalue weighted by Gasteiger charge is -2.26. The molecule has 3 N–H and O–H groups in total. The van der Waals surface area contributed by atoms with Gasteiger partial charge in [0.05, 0.1) is 6.61 Å². The van der Waals surface area contributed by atoms with Gasteiger partial charge in [-0.2, -0.15) is 0 Å². The number of phenols is 2. The van der Waals surface area contributed by atoms with Crippen LogP contribution in [0.15, 0.2) is 78.9 Å². The van der Waals surface area contributed by atoms with Crippen LogP contribution in [0.3, 0.4) is 0 Å². The summed E-state index contributed by atoms with van der Waals surface area (Å²) in [6, 6.07) is 26.4. The monoisotopic (exact) mass is 650 g/mol. The molecule has 4 aromatic carbocycles. The molecule has 3 nitrogen and oxygen atoms in total. The van der Waals surface area contributed by atoms with E-state index in [0.717, 1.165) is 40.7 Å². The zero-order valence-electron chi connectivity index (χ0n) is 31.1. The fourth-order valence-electron chi connectivity index (χ4n) is 6.64. The molecule has 0 bridgehead atoms. The van der Waals surface area contributed by atoms with Crippen LogP contribution in [0.1, 0.15) is 134 Å². The van der Waals surface area contributed by atoms with Gasteiger partial charge < -0.3 is 15.3 Å². The second-order valence-electron chi connectivity index (χ2n) is 15.1. The highest BCUT2D eigenvalue weighted by atomic mass is 16.3. The molecule has 0 aromatic heterocycles. The van der Waals surface area contributed by atoms with Crippen molar-refractivity contribution < 1.29 is 15.3 Å². The van der Waals surface area contributed by atoms with E-state index in [1.54, 1.807) is 0 Å². The molecule has 3 heteroatoms. The number of unbranched alkanes of at least 4 members (excludes halogenated alkanes) is 6. The van der Waals surface area contributed by atoms with Gasteiger partial charge in [0, 0.05) is 11.1 Å². The molecular formula is C45H62O3. The van der Waals surface area contributed by atoms with E-state index in [0.29, 0.717) is 11.5 Å². The molecule has 4 rings (SSSR count). The molecule has 48 heavy (non-hydrogen) atoms. The standard InChI is InChI=1S/C23H32O.C22H30O2/c1-6-7-8-9-12-23(4,5)20-10-11-21(22(24)16-20)19-14-17(2)13-18(3)15-19;1-4-5-6-7-13-22(2,3)19-11-12-20(21(24)15-19)18-10-8-9-17(14-18)16-23/h10-11,13-16,24H,6-9,12H2,1-5H3;8-12,14-15,23-24H,4-7,13,16H2,1-3H3. The maximum absolute atomic E-state index is 10.6. The molecule has 0 heterocycles. The van der Waals surface area contributed by atoms with Gasteiger partial charge in [0.15, 0.2) is 0 Å². The highest BCUT2D eigenvalue weighted by Gasteiger charge is 2.23. The van der Waals surface area contributed by atoms with Gasteiger partial charge in [-0.15, -0.1) is 0 Å². The first-order chi connectivity index (χ1) is 22.8. The van der Waals surface area contributed by atoms with Gasteiger partial charge in [0.2, 0.25) is 0 Å². The number of rotatable bonds is 15. The summed E-state index contributed by atoms with van der Waals surface area (Å²) < 4.78 is 0. The number of aromatic hydroxyl groups is 2. The molecule has 0 saturated carbocycles. The quantitative estimate of drug-likeness (QED) is 0.112. The summed E-state index contributed by atoms with van der Waals surface area (Å²) in [4.78, 5) is 0. The SMILES string of the molecule is CCCCCCC(C)(C)c1ccc(-c2cc(C)cc(C)c2)c(O)c1.CCCCCCC(C)(C)c1ccc(-c2cccc(CO)c2)c(O)c1. The van der Waals surface area contributed by atoms with Crippen LogP contribution in [0.25, 0.3) is 22.3 Å². The van der Waals surface area contributed by atoms with E-state index in [4.69, 9.17) is 0 Å². The van der Waals surface area contributed by atoms with E-state index in [2.05, 4.69) is 91.8 Å². The van der Waals surface area contributed by atoms with Gasteiger partial charge in [0.1, 0.15) is 11.5 Å². The maximum atomic E-state index is 10.6. The first-order valence-electron chi connectivity index (χ1n) is 18.3. The fraction of sp³-hybridized carbons (Fsp3) is 0.467. The van der Waals surface area contributed by atoms with Crippen LogP contribution >= 0.6 is 0 Å². The third kappa shape index (κ3) is 11.3. The van der Waals surface area contributed by atoms with Crippen LogP contribution < -0.4 is 0 Å². The minimum absolute atomic E-state index is 0.0114. The number of aliphatic hydroxyl groups excluding tert-OH is 1. The van der Waals surface area contributed by atoms with E-state index < -0.39 is 0 Å². The highest BCUT2D eigenvalue weighted by Crippen LogP contribution is 2.38. The van der Waals surface area contributed by atoms with Crippen molar-refractivity contribution >= 4 is 0 Å². The van der Waals surface area contributed by atoms with Crippen molar-refractivity contribution in [2.75, 3.05) is 0 Å². The van der Waals surface area contributed by atoms with Crippen molar-refractivity contribution in [2.45, 2.75) is 137 Å². The van der Waals surface area contributed by atoms with E-state index in [9.17, 15) is 15.3 Å². The number of benzene rings is 4. The minimum Gasteiger partial charge on any atom is -0.507 e. The van der Waals surface area contributed by atoms with Crippen molar-refractivity contribution in [3.63, 3.8) is 0 Å². The lowest BCUT2D eigenvalue weighted by molar-refractivity contribution is 0.282. The Kier molecular flexibility index (Phi) is 14.8. The maximum Gasteiger partial charge on any atom is 0.123 e. The summed E-state index contributed by atoms with van der Waals surface area (Å²) in [6.45, 7) is 17.7. The summed E-state index contributed by atoms with van der Waals surface area (Å²) in [5.74, 6) is 0.698. The molecule has 0 atom stereocenters. The van der Waals surface area contributed by atoms with Crippen LogP contribution in [0, 0.1) is 13.8 Å². The second-order valence-corrected chi connectivity index (χ2v) is 15.1. The molecule has 260 valence electrons. The average Bonchev–Trinajstić information content (AvgIpc) is 3.05. The van der Waals surface area contributed by atoms with Gasteiger partial charge >= 0.3 is 0 Å². The molecule has 4 aromatic rings. The average molecular weight is 651 g/mol. The van der Waals surface area contributed by atoms with Crippen molar-refractivity contribution in [3.05, 3.63) is 107 Å². The van der Waals surface area contributed by atoms with Crippen LogP contribution in [-0.4, -0.2) is 15.3 Å². The zero-order valence-corrected chi connectivity index (χ0v) is 31.1. The zero-order chi connectivity index (χ0) is 35.3. The molecule has 0 aliphatic heterocycles. The van der Waals surface area contributed by atoms with E-state index >= 15 is 0 Å². The molecular weight excluding hydrogens is 588 g/mol. The molecule has 0 amide bonds. The van der Waals surface area contributed by atoms with Crippen molar-refractivity contribution in [2.24, 2.45) is 0 Å². The van der Waals surface area contributed by atoms with E-state index in [1.807, 2.05) is 42.5 Å². The van der Waals surface area contributed by atoms with Gasteiger partial charge in [-0.3, -0.25) is 0 Å². The Hall–Kier alpha value is -3.56. The summed E-state index contributed by atoms with van der Waals surface area (Å²) in [5.41, 5.74) is 9.65. The number of phenolic OH excluding ortho intramolecular Hbond substituents is 2. The third-order valence-corrected chi connectivity index (χ3v) is 9.82. The van der Waals surface area contributed by atoms with Gasteiger partial charge in [-0.05, 0) is 83.5 Å². The Bertz CT molecular complexity index is 1560.